The van der Waals surface area contributed by atoms with Gasteiger partial charge in [-0.05, 0) is 19.8 Å². The van der Waals surface area contributed by atoms with Gasteiger partial charge in [-0.25, -0.2) is 4.79 Å². The van der Waals surface area contributed by atoms with Crippen LogP contribution in [0.3, 0.4) is 0 Å². The summed E-state index contributed by atoms with van der Waals surface area (Å²) in [6, 6.07) is 0. The van der Waals surface area contributed by atoms with Crippen LogP contribution in [0.4, 0.5) is 11.5 Å². The van der Waals surface area contributed by atoms with Gasteiger partial charge in [0.2, 0.25) is 11.7 Å². The third kappa shape index (κ3) is 4.42. The third-order valence-corrected chi connectivity index (χ3v) is 4.40. The topological polar surface area (TPSA) is 156 Å². The largest absolute Gasteiger partial charge is 0.481 e. The summed E-state index contributed by atoms with van der Waals surface area (Å²) in [5, 5.41) is 32.1. The molecule has 1 aromatic rings. The molecule has 2 N–H and O–H groups in total. The van der Waals surface area contributed by atoms with Crippen LogP contribution >= 0.6 is 0 Å². The van der Waals surface area contributed by atoms with Gasteiger partial charge in [-0.1, -0.05) is 18.2 Å². The smallest absolute Gasteiger partial charge is 0.331 e. The van der Waals surface area contributed by atoms with Crippen LogP contribution in [-0.2, 0) is 21.4 Å². The van der Waals surface area contributed by atoms with Crippen LogP contribution in [-0.4, -0.2) is 49.3 Å². The summed E-state index contributed by atoms with van der Waals surface area (Å²) in [5.41, 5.74) is -1.07. The zero-order chi connectivity index (χ0) is 21.1. The number of allylic oxidation sites excluding steroid dienone is 2. The molecule has 0 radical (unpaired) electrons. The predicted octanol–water partition coefficient (Wildman–Crippen LogP) is 1.50. The Hall–Kier alpha value is -3.50. The Bertz CT molecular complexity index is 886. The summed E-state index contributed by atoms with van der Waals surface area (Å²) in [4.78, 5) is 44.3. The Labute approximate surface area is 159 Å². The fourth-order valence-electron chi connectivity index (χ4n) is 2.84. The average molecular weight is 392 g/mol. The van der Waals surface area contributed by atoms with Crippen molar-refractivity contribution < 1.29 is 29.5 Å². The van der Waals surface area contributed by atoms with Gasteiger partial charge < -0.3 is 10.2 Å². The number of hydrogen-bond donors (Lipinski definition) is 2. The standard InChI is InChI=1S/C9H10O4.C8H10N4O3/c1-9(8(12)13)4-2-3-6(5-9)7(10)11;1-10-5-6(12(14)15)8(9-10)11-4-2-3-7(11)13/h2-4H,5H2,1H3,(H,10,11)(H,12,13);5H,2-4H2,1H3. The van der Waals surface area contributed by atoms with Crippen molar-refractivity contribution in [2.75, 3.05) is 11.4 Å². The quantitative estimate of drug-likeness (QED) is 0.577. The summed E-state index contributed by atoms with van der Waals surface area (Å²) >= 11 is 0. The molecular formula is C17H20N4O7. The van der Waals surface area contributed by atoms with Gasteiger partial charge in [-0.2, -0.15) is 0 Å². The molecule has 150 valence electrons. The molecule has 2 aliphatic rings. The molecule has 1 amide bonds. The molecule has 11 nitrogen and oxygen atoms in total. The lowest BCUT2D eigenvalue weighted by molar-refractivity contribution is -0.384. The summed E-state index contributed by atoms with van der Waals surface area (Å²) in [5.74, 6) is -2.01. The normalized spacial score (nSPS) is 21.0. The summed E-state index contributed by atoms with van der Waals surface area (Å²) in [6.07, 6.45) is 6.91. The van der Waals surface area contributed by atoms with E-state index in [4.69, 9.17) is 10.2 Å². The van der Waals surface area contributed by atoms with Crippen molar-refractivity contribution in [2.24, 2.45) is 12.5 Å². The van der Waals surface area contributed by atoms with Crippen molar-refractivity contribution in [1.29, 1.82) is 0 Å². The number of carboxylic acid groups (broad SMARTS) is 2. The highest BCUT2D eigenvalue weighted by Gasteiger charge is 2.34. The SMILES string of the molecule is CC1(C(=O)O)C=CC=C(C(=O)O)C1.Cn1cc([N+](=O)[O-])c(N2CCCC2=O)n1. The van der Waals surface area contributed by atoms with Gasteiger partial charge in [0.05, 0.1) is 10.3 Å². The van der Waals surface area contributed by atoms with Crippen molar-refractivity contribution in [3.8, 4) is 0 Å². The molecule has 1 atom stereocenters. The van der Waals surface area contributed by atoms with Gasteiger partial charge in [-0.3, -0.25) is 29.3 Å². The first kappa shape index (κ1) is 20.8. The minimum Gasteiger partial charge on any atom is -0.481 e. The van der Waals surface area contributed by atoms with Crippen LogP contribution in [0, 0.1) is 15.5 Å². The second kappa shape index (κ2) is 8.03. The van der Waals surface area contributed by atoms with Crippen molar-refractivity contribution in [3.63, 3.8) is 0 Å². The molecule has 2 heterocycles. The zero-order valence-corrected chi connectivity index (χ0v) is 15.4. The lowest BCUT2D eigenvalue weighted by Gasteiger charge is -2.23. The van der Waals surface area contributed by atoms with Gasteiger partial charge in [0.15, 0.2) is 0 Å². The first-order valence-electron chi connectivity index (χ1n) is 8.38. The first-order valence-corrected chi connectivity index (χ1v) is 8.38. The average Bonchev–Trinajstić information content (AvgIpc) is 3.20. The molecule has 1 fully saturated rings. The number of carbonyl (C=O) groups is 3. The van der Waals surface area contributed by atoms with Crippen LogP contribution in [0.25, 0.3) is 0 Å². The van der Waals surface area contributed by atoms with Gasteiger partial charge in [0.25, 0.3) is 0 Å². The molecular weight excluding hydrogens is 372 g/mol. The number of nitro groups is 1. The van der Waals surface area contributed by atoms with Crippen LogP contribution in [0.5, 0.6) is 0 Å². The number of rotatable bonds is 4. The van der Waals surface area contributed by atoms with Crippen LogP contribution < -0.4 is 4.90 Å². The molecule has 0 spiro atoms. The minimum atomic E-state index is -1.08. The van der Waals surface area contributed by atoms with Gasteiger partial charge in [-0.15, -0.1) is 5.10 Å². The van der Waals surface area contributed by atoms with Gasteiger partial charge in [0.1, 0.15) is 6.20 Å². The Morgan fingerprint density at radius 3 is 2.54 bits per heavy atom. The summed E-state index contributed by atoms with van der Waals surface area (Å²) in [7, 11) is 1.59. The summed E-state index contributed by atoms with van der Waals surface area (Å²) < 4.78 is 1.35. The molecule has 11 heteroatoms. The number of anilines is 1. The first-order chi connectivity index (χ1) is 13.0. The monoisotopic (exact) mass is 392 g/mol. The molecule has 1 aliphatic heterocycles. The summed E-state index contributed by atoms with van der Waals surface area (Å²) in [6.45, 7) is 2.01. The molecule has 1 aliphatic carbocycles. The van der Waals surface area contributed by atoms with E-state index in [0.717, 1.165) is 6.42 Å². The Morgan fingerprint density at radius 1 is 1.36 bits per heavy atom. The minimum absolute atomic E-state index is 0.0359. The number of aryl methyl sites for hydroxylation is 1. The Kier molecular flexibility index (Phi) is 5.96. The highest BCUT2D eigenvalue weighted by Crippen LogP contribution is 2.31. The second-order valence-electron chi connectivity index (χ2n) is 6.67. The van der Waals surface area contributed by atoms with E-state index >= 15 is 0 Å². The molecule has 0 saturated carbocycles. The van der Waals surface area contributed by atoms with Crippen LogP contribution in [0.2, 0.25) is 0 Å². The number of aliphatic carboxylic acids is 2. The Balaban J connectivity index is 0.000000203. The molecule has 28 heavy (non-hydrogen) atoms. The van der Waals surface area contributed by atoms with E-state index in [1.165, 1.54) is 40.9 Å². The molecule has 3 rings (SSSR count). The number of amides is 1. The van der Waals surface area contributed by atoms with E-state index in [1.54, 1.807) is 7.05 Å². The third-order valence-electron chi connectivity index (χ3n) is 4.40. The predicted molar refractivity (Wildman–Crippen MR) is 96.7 cm³/mol. The van der Waals surface area contributed by atoms with E-state index < -0.39 is 22.3 Å². The number of hydrogen-bond acceptors (Lipinski definition) is 6. The maximum atomic E-state index is 11.4. The fourth-order valence-corrected chi connectivity index (χ4v) is 2.84. The zero-order valence-electron chi connectivity index (χ0n) is 15.4. The number of carbonyl (C=O) groups excluding carboxylic acids is 1. The Morgan fingerprint density at radius 2 is 2.04 bits per heavy atom. The van der Waals surface area contributed by atoms with Crippen LogP contribution in [0.15, 0.2) is 30.0 Å². The number of carboxylic acids is 2. The van der Waals surface area contributed by atoms with E-state index in [-0.39, 0.29) is 29.4 Å². The molecule has 1 unspecified atom stereocenters. The number of aromatic nitrogens is 2. The highest BCUT2D eigenvalue weighted by atomic mass is 16.6. The van der Waals surface area contributed by atoms with E-state index in [2.05, 4.69) is 5.10 Å². The van der Waals surface area contributed by atoms with Crippen LogP contribution in [0.1, 0.15) is 26.2 Å². The van der Waals surface area contributed by atoms with E-state index in [1.807, 2.05) is 0 Å². The van der Waals surface area contributed by atoms with Crippen molar-refractivity contribution in [1.82, 2.24) is 9.78 Å². The van der Waals surface area contributed by atoms with Crippen molar-refractivity contribution in [2.45, 2.75) is 26.2 Å². The van der Waals surface area contributed by atoms with Crippen molar-refractivity contribution >= 4 is 29.4 Å². The van der Waals surface area contributed by atoms with E-state index in [9.17, 15) is 24.5 Å². The maximum Gasteiger partial charge on any atom is 0.331 e. The van der Waals surface area contributed by atoms with E-state index in [0.29, 0.717) is 13.0 Å². The highest BCUT2D eigenvalue weighted by molar-refractivity contribution is 5.96. The van der Waals surface area contributed by atoms with Gasteiger partial charge >= 0.3 is 17.6 Å². The second-order valence-corrected chi connectivity index (χ2v) is 6.67. The lowest BCUT2D eigenvalue weighted by Crippen LogP contribution is -2.28. The molecule has 0 bridgehead atoms. The molecule has 1 saturated heterocycles. The van der Waals surface area contributed by atoms with Crippen molar-refractivity contribution in [3.05, 3.63) is 40.1 Å². The number of nitrogens with zero attached hydrogens (tertiary/aromatic N) is 4. The lowest BCUT2D eigenvalue weighted by atomic mass is 9.80. The fraction of sp³-hybridized carbons (Fsp3) is 0.412. The molecule has 1 aromatic heterocycles. The molecule has 0 aromatic carbocycles. The van der Waals surface area contributed by atoms with Gasteiger partial charge in [0, 0.05) is 25.6 Å². The maximum absolute atomic E-state index is 11.4.